The number of hydrogen-bond acceptors (Lipinski definition) is 3. The summed E-state index contributed by atoms with van der Waals surface area (Å²) in [6, 6.07) is 9.81. The average molecular weight is 548 g/mol. The van der Waals surface area contributed by atoms with Crippen LogP contribution in [0.3, 0.4) is 0 Å². The summed E-state index contributed by atoms with van der Waals surface area (Å²) in [5, 5.41) is 0.153. The normalized spacial score (nSPS) is 17.4. The minimum absolute atomic E-state index is 0.153. The van der Waals surface area contributed by atoms with E-state index in [1.54, 1.807) is 12.2 Å². The Morgan fingerprint density at radius 3 is 2.39 bits per heavy atom. The van der Waals surface area contributed by atoms with E-state index in [1.165, 1.54) is 47.5 Å². The van der Waals surface area contributed by atoms with Gasteiger partial charge in [0.2, 0.25) is 0 Å². The Balaban J connectivity index is 1.37. The summed E-state index contributed by atoms with van der Waals surface area (Å²) < 4.78 is 67.7. The second kappa shape index (κ2) is 10.1. The van der Waals surface area contributed by atoms with E-state index in [-0.39, 0.29) is 17.6 Å². The van der Waals surface area contributed by atoms with Gasteiger partial charge >= 0.3 is 6.18 Å². The number of nitrogens with zero attached hydrogens (tertiary/aromatic N) is 3. The molecule has 0 N–H and O–H groups in total. The lowest BCUT2D eigenvalue weighted by atomic mass is 9.74. The third-order valence-electron chi connectivity index (χ3n) is 7.24. The molecule has 2 aromatic carbocycles. The van der Waals surface area contributed by atoms with Crippen LogP contribution in [-0.2, 0) is 11.6 Å². The molecule has 3 aromatic rings. The number of rotatable bonds is 4. The molecule has 0 aliphatic carbocycles. The van der Waals surface area contributed by atoms with E-state index in [4.69, 9.17) is 11.6 Å². The van der Waals surface area contributed by atoms with Crippen LogP contribution in [0.1, 0.15) is 39.9 Å². The summed E-state index contributed by atoms with van der Waals surface area (Å²) in [7, 11) is 0. The highest BCUT2D eigenvalue weighted by Crippen LogP contribution is 2.49. The van der Waals surface area contributed by atoms with E-state index >= 15 is 0 Å². The molecule has 1 amide bonds. The Labute approximate surface area is 221 Å². The summed E-state index contributed by atoms with van der Waals surface area (Å²) in [5.41, 5.74) is 0.331. The number of fused-ring (bicyclic) bond motifs is 2. The molecule has 0 atom stereocenters. The minimum atomic E-state index is -4.51. The molecule has 2 aliphatic rings. The van der Waals surface area contributed by atoms with E-state index in [0.29, 0.717) is 54.9 Å². The number of halogens is 6. The third kappa shape index (κ3) is 5.31. The Kier molecular flexibility index (Phi) is 7.00. The van der Waals surface area contributed by atoms with Gasteiger partial charge in [-0.3, -0.25) is 9.69 Å². The van der Waals surface area contributed by atoms with E-state index in [9.17, 15) is 26.7 Å². The number of carbonyl (C=O) groups is 1. The molecule has 1 spiro atoms. The fourth-order valence-corrected chi connectivity index (χ4v) is 5.49. The van der Waals surface area contributed by atoms with Crippen molar-refractivity contribution in [2.45, 2.75) is 24.4 Å². The van der Waals surface area contributed by atoms with Crippen LogP contribution in [0.5, 0.6) is 0 Å². The molecule has 10 heteroatoms. The minimum Gasteiger partial charge on any atom is -0.307 e. The lowest BCUT2D eigenvalue weighted by Gasteiger charge is -2.39. The zero-order valence-electron chi connectivity index (χ0n) is 20.1. The number of carbonyl (C=O) groups excluding carboxylic acids is 1. The highest BCUT2D eigenvalue weighted by Gasteiger charge is 2.47. The van der Waals surface area contributed by atoms with Crippen LogP contribution >= 0.6 is 11.6 Å². The van der Waals surface area contributed by atoms with Crippen molar-refractivity contribution in [3.8, 4) is 0 Å². The quantitative estimate of drug-likeness (QED) is 0.268. The van der Waals surface area contributed by atoms with Gasteiger partial charge in [-0.05, 0) is 79.5 Å². The number of aromatic nitrogens is 1. The van der Waals surface area contributed by atoms with Crippen molar-refractivity contribution < 1.29 is 26.7 Å². The average Bonchev–Trinajstić information content (AvgIpc) is 3.17. The Morgan fingerprint density at radius 1 is 1.03 bits per heavy atom. The van der Waals surface area contributed by atoms with Crippen molar-refractivity contribution in [3.05, 3.63) is 99.8 Å². The molecular formula is C28H23ClF5N3O. The molecule has 0 radical (unpaired) electrons. The largest absolute Gasteiger partial charge is 0.416 e. The first-order chi connectivity index (χ1) is 18.0. The van der Waals surface area contributed by atoms with Crippen molar-refractivity contribution in [3.63, 3.8) is 0 Å². The number of anilines is 1. The summed E-state index contributed by atoms with van der Waals surface area (Å²) in [5.74, 6) is -1.66. The first-order valence-electron chi connectivity index (χ1n) is 12.0. The molecule has 38 heavy (non-hydrogen) atoms. The predicted octanol–water partition coefficient (Wildman–Crippen LogP) is 6.74. The summed E-state index contributed by atoms with van der Waals surface area (Å²) in [4.78, 5) is 21.0. The first-order valence-corrected chi connectivity index (χ1v) is 12.4. The second-order valence-electron chi connectivity index (χ2n) is 9.67. The van der Waals surface area contributed by atoms with Crippen LogP contribution in [0.25, 0.3) is 6.08 Å². The van der Waals surface area contributed by atoms with Gasteiger partial charge in [-0.1, -0.05) is 23.8 Å². The molecule has 0 unspecified atom stereocenters. The predicted molar refractivity (Wildman–Crippen MR) is 135 cm³/mol. The van der Waals surface area contributed by atoms with Crippen LogP contribution < -0.4 is 4.90 Å². The fraction of sp³-hybridized carbons (Fsp3) is 0.286. The van der Waals surface area contributed by atoms with Crippen molar-refractivity contribution in [1.82, 2.24) is 9.88 Å². The van der Waals surface area contributed by atoms with Crippen LogP contribution in [0.2, 0.25) is 5.15 Å². The van der Waals surface area contributed by atoms with Crippen LogP contribution in [0.4, 0.5) is 27.6 Å². The number of alkyl halides is 3. The number of pyridine rings is 1. The van der Waals surface area contributed by atoms with Gasteiger partial charge in [-0.25, -0.2) is 13.8 Å². The van der Waals surface area contributed by atoms with E-state index in [1.807, 2.05) is 0 Å². The van der Waals surface area contributed by atoms with Crippen molar-refractivity contribution in [1.29, 1.82) is 0 Å². The van der Waals surface area contributed by atoms with Crippen LogP contribution in [0, 0.1) is 11.6 Å². The lowest BCUT2D eigenvalue weighted by Crippen LogP contribution is -2.46. The molecule has 198 valence electrons. The van der Waals surface area contributed by atoms with Crippen LogP contribution in [0.15, 0.2) is 60.8 Å². The van der Waals surface area contributed by atoms with Gasteiger partial charge < -0.3 is 4.90 Å². The number of piperidine rings is 1. The Hall–Kier alpha value is -3.30. The maximum absolute atomic E-state index is 13.6. The van der Waals surface area contributed by atoms with Gasteiger partial charge in [0.25, 0.3) is 5.91 Å². The molecule has 0 bridgehead atoms. The monoisotopic (exact) mass is 547 g/mol. The molecule has 2 aliphatic heterocycles. The van der Waals surface area contributed by atoms with Crippen molar-refractivity contribution >= 4 is 29.3 Å². The van der Waals surface area contributed by atoms with Gasteiger partial charge in [-0.15, -0.1) is 0 Å². The van der Waals surface area contributed by atoms with Gasteiger partial charge in [-0.2, -0.15) is 13.2 Å². The number of likely N-dealkylation sites (tertiary alicyclic amines) is 1. The standard InChI is InChI=1S/C28H23ClF5N3O/c29-25-14-19(5-8-35-25)26(38)37-17-27(23-15-20(28(32,33)34)3-4-24(23)37)6-10-36(11-7-27)9-1-2-18-12-21(30)16-22(31)13-18/h1-5,8,12-16H,6-7,9-11,17H2/b2-1+. The summed E-state index contributed by atoms with van der Waals surface area (Å²) >= 11 is 5.97. The molecule has 0 saturated carbocycles. The van der Waals surface area contributed by atoms with E-state index in [2.05, 4.69) is 9.88 Å². The smallest absolute Gasteiger partial charge is 0.307 e. The lowest BCUT2D eigenvalue weighted by molar-refractivity contribution is -0.137. The molecule has 1 aromatic heterocycles. The molecule has 4 nitrogen and oxygen atoms in total. The molecule has 5 rings (SSSR count). The van der Waals surface area contributed by atoms with Crippen molar-refractivity contribution in [2.75, 3.05) is 31.1 Å². The highest BCUT2D eigenvalue weighted by molar-refractivity contribution is 6.29. The maximum Gasteiger partial charge on any atom is 0.416 e. The third-order valence-corrected chi connectivity index (χ3v) is 7.44. The molecule has 1 fully saturated rings. The SMILES string of the molecule is O=C(c1ccnc(Cl)c1)N1CC2(CCN(C/C=C/c3cc(F)cc(F)c3)CC2)c2cc(C(F)(F)F)ccc21. The zero-order chi connectivity index (χ0) is 27.1. The number of benzene rings is 2. The summed E-state index contributed by atoms with van der Waals surface area (Å²) in [6.07, 6.45) is 1.44. The van der Waals surface area contributed by atoms with Gasteiger partial charge in [0.15, 0.2) is 0 Å². The first kappa shape index (κ1) is 26.3. The maximum atomic E-state index is 13.6. The Morgan fingerprint density at radius 2 is 1.74 bits per heavy atom. The van der Waals surface area contributed by atoms with Crippen molar-refractivity contribution in [2.24, 2.45) is 0 Å². The number of amides is 1. The van der Waals surface area contributed by atoms with Gasteiger partial charge in [0.1, 0.15) is 16.8 Å². The van der Waals surface area contributed by atoms with E-state index in [0.717, 1.165) is 12.1 Å². The highest BCUT2D eigenvalue weighted by atomic mass is 35.5. The van der Waals surface area contributed by atoms with Gasteiger partial charge in [0.05, 0.1) is 5.56 Å². The topological polar surface area (TPSA) is 36.4 Å². The van der Waals surface area contributed by atoms with E-state index < -0.39 is 28.8 Å². The molecular weight excluding hydrogens is 525 g/mol. The Bertz CT molecular complexity index is 1380. The molecule has 1 saturated heterocycles. The fourth-order valence-electron chi connectivity index (χ4n) is 5.32. The van der Waals surface area contributed by atoms with Gasteiger partial charge in [0, 0.05) is 42.0 Å². The summed E-state index contributed by atoms with van der Waals surface area (Å²) in [6.45, 7) is 1.94. The number of hydrogen-bond donors (Lipinski definition) is 0. The second-order valence-corrected chi connectivity index (χ2v) is 10.1. The molecule has 3 heterocycles. The van der Waals surface area contributed by atoms with Crippen LogP contribution in [-0.4, -0.2) is 42.0 Å². The zero-order valence-corrected chi connectivity index (χ0v) is 20.9.